The summed E-state index contributed by atoms with van der Waals surface area (Å²) >= 11 is 0. The lowest BCUT2D eigenvalue weighted by Crippen LogP contribution is -2.45. The van der Waals surface area contributed by atoms with Crippen LogP contribution >= 0.6 is 0 Å². The van der Waals surface area contributed by atoms with E-state index in [2.05, 4.69) is 0 Å². The molecule has 0 aliphatic carbocycles. The number of rotatable bonds is 3. The molecule has 1 fully saturated rings. The van der Waals surface area contributed by atoms with Gasteiger partial charge < -0.3 is 4.74 Å². The molecule has 6 heteroatoms. The Balaban J connectivity index is 1.90. The molecule has 1 heterocycles. The maximum absolute atomic E-state index is 13.5. The smallest absolute Gasteiger partial charge is 0.243 e. The zero-order chi connectivity index (χ0) is 18.2. The summed E-state index contributed by atoms with van der Waals surface area (Å²) in [5.74, 6) is -0.410. The van der Waals surface area contributed by atoms with Gasteiger partial charge in [-0.2, -0.15) is 4.31 Å². The van der Waals surface area contributed by atoms with E-state index in [0.29, 0.717) is 5.56 Å². The van der Waals surface area contributed by atoms with Gasteiger partial charge in [0, 0.05) is 13.1 Å². The SMILES string of the molecule is Cc1ccc(C2CN(S(=O)(=O)c3ccc(F)c(C)c3)CC(C)O2)cc1. The summed E-state index contributed by atoms with van der Waals surface area (Å²) in [6.07, 6.45) is -0.544. The van der Waals surface area contributed by atoms with Crippen molar-refractivity contribution in [2.24, 2.45) is 0 Å². The van der Waals surface area contributed by atoms with Crippen LogP contribution in [0.2, 0.25) is 0 Å². The molecular formula is C19H22FNO3S. The van der Waals surface area contributed by atoms with Crippen LogP contribution in [-0.4, -0.2) is 31.9 Å². The second kappa shape index (κ2) is 6.86. The Labute approximate surface area is 148 Å². The minimum Gasteiger partial charge on any atom is -0.368 e. The Morgan fingerprint density at radius 2 is 1.76 bits per heavy atom. The molecule has 0 N–H and O–H groups in total. The van der Waals surface area contributed by atoms with Crippen LogP contribution in [-0.2, 0) is 14.8 Å². The molecule has 2 atom stereocenters. The number of morpholine rings is 1. The largest absolute Gasteiger partial charge is 0.368 e. The molecule has 0 aromatic heterocycles. The van der Waals surface area contributed by atoms with Crippen LogP contribution < -0.4 is 0 Å². The van der Waals surface area contributed by atoms with Crippen molar-refractivity contribution in [3.8, 4) is 0 Å². The lowest BCUT2D eigenvalue weighted by atomic mass is 10.1. The lowest BCUT2D eigenvalue weighted by Gasteiger charge is -2.36. The van der Waals surface area contributed by atoms with Crippen molar-refractivity contribution >= 4 is 10.0 Å². The van der Waals surface area contributed by atoms with Crippen LogP contribution in [0.15, 0.2) is 47.4 Å². The average Bonchev–Trinajstić information content (AvgIpc) is 2.57. The standard InChI is InChI=1S/C19H22FNO3S/c1-13-4-6-16(7-5-13)19-12-21(11-15(3)24-19)25(22,23)17-8-9-18(20)14(2)10-17/h4-10,15,19H,11-12H2,1-3H3. The third kappa shape index (κ3) is 3.76. The number of sulfonamides is 1. The Bertz CT molecular complexity index is 865. The third-order valence-electron chi connectivity index (χ3n) is 4.44. The number of ether oxygens (including phenoxy) is 1. The van der Waals surface area contributed by atoms with E-state index < -0.39 is 15.8 Å². The first-order valence-electron chi connectivity index (χ1n) is 8.25. The summed E-state index contributed by atoms with van der Waals surface area (Å²) in [4.78, 5) is 0.114. The molecule has 2 aromatic carbocycles. The molecule has 0 amide bonds. The normalized spacial score (nSPS) is 22.1. The first-order valence-corrected chi connectivity index (χ1v) is 9.69. The quantitative estimate of drug-likeness (QED) is 0.837. The van der Waals surface area contributed by atoms with Crippen molar-refractivity contribution in [2.75, 3.05) is 13.1 Å². The van der Waals surface area contributed by atoms with Crippen LogP contribution in [0, 0.1) is 19.7 Å². The maximum Gasteiger partial charge on any atom is 0.243 e. The second-order valence-corrected chi connectivity index (χ2v) is 8.52. The summed E-state index contributed by atoms with van der Waals surface area (Å²) in [7, 11) is -3.70. The van der Waals surface area contributed by atoms with Gasteiger partial charge in [0.05, 0.1) is 17.1 Å². The molecule has 1 aliphatic heterocycles. The van der Waals surface area contributed by atoms with Crippen molar-refractivity contribution in [3.05, 3.63) is 65.0 Å². The van der Waals surface area contributed by atoms with Crippen molar-refractivity contribution in [2.45, 2.75) is 37.9 Å². The maximum atomic E-state index is 13.5. The number of hydrogen-bond acceptors (Lipinski definition) is 3. The first-order chi connectivity index (χ1) is 11.8. The number of hydrogen-bond donors (Lipinski definition) is 0. The minimum atomic E-state index is -3.70. The summed E-state index contributed by atoms with van der Waals surface area (Å²) in [6.45, 7) is 5.94. The molecule has 1 aliphatic rings. The van der Waals surface area contributed by atoms with Crippen molar-refractivity contribution in [1.29, 1.82) is 0 Å². The van der Waals surface area contributed by atoms with E-state index in [1.807, 2.05) is 38.1 Å². The monoisotopic (exact) mass is 363 g/mol. The van der Waals surface area contributed by atoms with Gasteiger partial charge in [0.1, 0.15) is 5.82 Å². The van der Waals surface area contributed by atoms with Crippen LogP contribution in [0.25, 0.3) is 0 Å². The van der Waals surface area contributed by atoms with E-state index in [-0.39, 0.29) is 30.2 Å². The minimum absolute atomic E-state index is 0.114. The molecule has 25 heavy (non-hydrogen) atoms. The Kier molecular flexibility index (Phi) is 4.95. The van der Waals surface area contributed by atoms with Gasteiger partial charge in [-0.05, 0) is 50.1 Å². The number of aryl methyl sites for hydroxylation is 2. The molecule has 0 radical (unpaired) electrons. The van der Waals surface area contributed by atoms with Gasteiger partial charge in [-0.15, -0.1) is 0 Å². The average molecular weight is 363 g/mol. The molecule has 0 saturated carbocycles. The topological polar surface area (TPSA) is 46.6 Å². The van der Waals surface area contributed by atoms with E-state index in [4.69, 9.17) is 4.74 Å². The zero-order valence-corrected chi connectivity index (χ0v) is 15.4. The highest BCUT2D eigenvalue weighted by Crippen LogP contribution is 2.29. The zero-order valence-electron chi connectivity index (χ0n) is 14.6. The summed E-state index contributed by atoms with van der Waals surface area (Å²) < 4.78 is 46.8. The second-order valence-electron chi connectivity index (χ2n) is 6.58. The van der Waals surface area contributed by atoms with Crippen LogP contribution in [0.3, 0.4) is 0 Å². The fourth-order valence-electron chi connectivity index (χ4n) is 3.00. The van der Waals surface area contributed by atoms with Crippen molar-refractivity contribution in [1.82, 2.24) is 4.31 Å². The van der Waals surface area contributed by atoms with Crippen LogP contribution in [0.5, 0.6) is 0 Å². The first kappa shape index (κ1) is 18.0. The van der Waals surface area contributed by atoms with Gasteiger partial charge in [-0.25, -0.2) is 12.8 Å². The van der Waals surface area contributed by atoms with Crippen molar-refractivity contribution in [3.63, 3.8) is 0 Å². The predicted molar refractivity (Wildman–Crippen MR) is 94.4 cm³/mol. The van der Waals surface area contributed by atoms with Gasteiger partial charge in [-0.3, -0.25) is 0 Å². The van der Waals surface area contributed by atoms with Crippen LogP contribution in [0.1, 0.15) is 29.7 Å². The fraction of sp³-hybridized carbons (Fsp3) is 0.368. The van der Waals surface area contributed by atoms with Gasteiger partial charge in [0.15, 0.2) is 0 Å². The number of benzene rings is 2. The Morgan fingerprint density at radius 1 is 1.08 bits per heavy atom. The summed E-state index contributed by atoms with van der Waals surface area (Å²) in [5.41, 5.74) is 2.41. The van der Waals surface area contributed by atoms with Gasteiger partial charge in [-0.1, -0.05) is 29.8 Å². The Hall–Kier alpha value is -1.76. The molecule has 4 nitrogen and oxygen atoms in total. The molecule has 1 saturated heterocycles. The third-order valence-corrected chi connectivity index (χ3v) is 6.27. The van der Waals surface area contributed by atoms with E-state index in [0.717, 1.165) is 11.1 Å². The summed E-state index contributed by atoms with van der Waals surface area (Å²) in [5, 5.41) is 0. The molecular weight excluding hydrogens is 341 g/mol. The van der Waals surface area contributed by atoms with E-state index in [9.17, 15) is 12.8 Å². The predicted octanol–water partition coefficient (Wildman–Crippen LogP) is 3.59. The highest BCUT2D eigenvalue weighted by atomic mass is 32.2. The molecule has 2 aromatic rings. The van der Waals surface area contributed by atoms with E-state index >= 15 is 0 Å². The van der Waals surface area contributed by atoms with E-state index in [1.54, 1.807) is 6.92 Å². The highest BCUT2D eigenvalue weighted by molar-refractivity contribution is 7.89. The Morgan fingerprint density at radius 3 is 2.40 bits per heavy atom. The molecule has 2 unspecified atom stereocenters. The molecule has 3 rings (SSSR count). The number of halogens is 1. The lowest BCUT2D eigenvalue weighted by molar-refractivity contribution is -0.0557. The summed E-state index contributed by atoms with van der Waals surface area (Å²) in [6, 6.07) is 11.8. The molecule has 0 spiro atoms. The van der Waals surface area contributed by atoms with Gasteiger partial charge in [0.25, 0.3) is 0 Å². The fourth-order valence-corrected chi connectivity index (χ4v) is 4.60. The van der Waals surface area contributed by atoms with Crippen molar-refractivity contribution < 1.29 is 17.5 Å². The molecule has 0 bridgehead atoms. The van der Waals surface area contributed by atoms with Gasteiger partial charge >= 0.3 is 0 Å². The number of nitrogens with zero attached hydrogens (tertiary/aromatic N) is 1. The highest BCUT2D eigenvalue weighted by Gasteiger charge is 2.34. The molecule has 134 valence electrons. The van der Waals surface area contributed by atoms with Crippen LogP contribution in [0.4, 0.5) is 4.39 Å². The van der Waals surface area contributed by atoms with Gasteiger partial charge in [0.2, 0.25) is 10.0 Å². The van der Waals surface area contributed by atoms with E-state index in [1.165, 1.54) is 22.5 Å².